The Morgan fingerprint density at radius 2 is 2.25 bits per heavy atom. The normalized spacial score (nSPS) is 15.9. The van der Waals surface area contributed by atoms with Crippen molar-refractivity contribution >= 4 is 23.5 Å². The Balaban J connectivity index is 1.85. The number of nitrogen functional groups attached to an aromatic ring is 1. The molecule has 1 fully saturated rings. The van der Waals surface area contributed by atoms with E-state index in [4.69, 9.17) is 5.84 Å². The summed E-state index contributed by atoms with van der Waals surface area (Å²) in [6.07, 6.45) is 1.34. The van der Waals surface area contributed by atoms with Crippen LogP contribution in [0.3, 0.4) is 0 Å². The van der Waals surface area contributed by atoms with Crippen molar-refractivity contribution in [3.8, 4) is 0 Å². The average Bonchev–Trinajstić information content (AvgIpc) is 2.48. The second-order valence-corrected chi connectivity index (χ2v) is 5.60. The minimum atomic E-state index is -0.734. The zero-order valence-electron chi connectivity index (χ0n) is 11.1. The van der Waals surface area contributed by atoms with Gasteiger partial charge in [0.2, 0.25) is 0 Å². The summed E-state index contributed by atoms with van der Waals surface area (Å²) in [7, 11) is 0. The van der Waals surface area contributed by atoms with Gasteiger partial charge in [0.25, 0.3) is 5.91 Å². The molecule has 0 bridgehead atoms. The standard InChI is InChI=1S/C12H18FN5OS/c13-10-9(1-2-15-11(10)17-14)12(19)16-3-4-18-5-7-20-8-6-18/h1-2H,3-8,14H2,(H,15,17)(H,16,19). The van der Waals surface area contributed by atoms with E-state index in [1.807, 2.05) is 11.8 Å². The maximum Gasteiger partial charge on any atom is 0.254 e. The van der Waals surface area contributed by atoms with E-state index in [1.165, 1.54) is 12.3 Å². The van der Waals surface area contributed by atoms with E-state index in [0.29, 0.717) is 6.54 Å². The van der Waals surface area contributed by atoms with Crippen LogP contribution < -0.4 is 16.6 Å². The van der Waals surface area contributed by atoms with E-state index < -0.39 is 11.7 Å². The van der Waals surface area contributed by atoms with Gasteiger partial charge in [-0.2, -0.15) is 11.8 Å². The molecule has 1 aromatic rings. The number of amides is 1. The summed E-state index contributed by atoms with van der Waals surface area (Å²) in [5, 5.41) is 2.71. The van der Waals surface area contributed by atoms with Gasteiger partial charge in [0.15, 0.2) is 11.6 Å². The number of carbonyl (C=O) groups is 1. The molecule has 1 aromatic heterocycles. The van der Waals surface area contributed by atoms with Crippen molar-refractivity contribution in [3.05, 3.63) is 23.6 Å². The highest BCUT2D eigenvalue weighted by Gasteiger charge is 2.16. The molecule has 6 nitrogen and oxygen atoms in total. The second kappa shape index (κ2) is 7.41. The smallest absolute Gasteiger partial charge is 0.254 e. The number of nitrogens with two attached hydrogens (primary N) is 1. The number of hydrogen-bond acceptors (Lipinski definition) is 6. The lowest BCUT2D eigenvalue weighted by Crippen LogP contribution is -2.39. The molecule has 0 spiro atoms. The monoisotopic (exact) mass is 299 g/mol. The first-order valence-electron chi connectivity index (χ1n) is 6.42. The van der Waals surface area contributed by atoms with Gasteiger partial charge in [-0.3, -0.25) is 9.69 Å². The SMILES string of the molecule is NNc1nccc(C(=O)NCCN2CCSCC2)c1F. The summed E-state index contributed by atoms with van der Waals surface area (Å²) >= 11 is 1.94. The van der Waals surface area contributed by atoms with Gasteiger partial charge in [0.1, 0.15) is 0 Å². The highest BCUT2D eigenvalue weighted by molar-refractivity contribution is 7.99. The van der Waals surface area contributed by atoms with Crippen LogP contribution in [0.1, 0.15) is 10.4 Å². The lowest BCUT2D eigenvalue weighted by atomic mass is 10.2. The number of pyridine rings is 1. The predicted molar refractivity (Wildman–Crippen MR) is 78.1 cm³/mol. The van der Waals surface area contributed by atoms with Crippen molar-refractivity contribution in [1.82, 2.24) is 15.2 Å². The van der Waals surface area contributed by atoms with Gasteiger partial charge in [-0.1, -0.05) is 0 Å². The molecule has 4 N–H and O–H groups in total. The lowest BCUT2D eigenvalue weighted by Gasteiger charge is -2.26. The van der Waals surface area contributed by atoms with Gasteiger partial charge in [0.05, 0.1) is 5.56 Å². The van der Waals surface area contributed by atoms with Crippen LogP contribution in [0.4, 0.5) is 10.2 Å². The number of aromatic nitrogens is 1. The van der Waals surface area contributed by atoms with E-state index in [0.717, 1.165) is 31.1 Å². The first-order chi connectivity index (χ1) is 9.72. The third kappa shape index (κ3) is 3.81. The van der Waals surface area contributed by atoms with Crippen LogP contribution in [0.5, 0.6) is 0 Å². The van der Waals surface area contributed by atoms with Gasteiger partial charge in [-0.15, -0.1) is 0 Å². The number of nitrogens with zero attached hydrogens (tertiary/aromatic N) is 2. The number of anilines is 1. The molecule has 0 aromatic carbocycles. The molecule has 0 unspecified atom stereocenters. The molecule has 110 valence electrons. The fourth-order valence-electron chi connectivity index (χ4n) is 1.97. The van der Waals surface area contributed by atoms with Crippen LogP contribution in [0.25, 0.3) is 0 Å². The number of nitrogens with one attached hydrogen (secondary N) is 2. The summed E-state index contributed by atoms with van der Waals surface area (Å²) in [6, 6.07) is 1.34. The number of carbonyl (C=O) groups excluding carboxylic acids is 1. The van der Waals surface area contributed by atoms with Crippen molar-refractivity contribution < 1.29 is 9.18 Å². The Morgan fingerprint density at radius 1 is 1.50 bits per heavy atom. The number of thioether (sulfide) groups is 1. The average molecular weight is 299 g/mol. The first kappa shape index (κ1) is 15.0. The molecule has 0 radical (unpaired) electrons. The molecule has 1 aliphatic rings. The van der Waals surface area contributed by atoms with Crippen LogP contribution in [0, 0.1) is 5.82 Å². The zero-order valence-corrected chi connectivity index (χ0v) is 11.9. The summed E-state index contributed by atoms with van der Waals surface area (Å²) in [5.41, 5.74) is 2.07. The highest BCUT2D eigenvalue weighted by atomic mass is 32.2. The molecular formula is C12H18FN5OS. The molecule has 0 saturated carbocycles. The zero-order chi connectivity index (χ0) is 14.4. The molecule has 1 saturated heterocycles. The summed E-state index contributed by atoms with van der Waals surface area (Å²) in [4.78, 5) is 17.9. The van der Waals surface area contributed by atoms with Crippen molar-refractivity contribution in [2.24, 2.45) is 5.84 Å². The van der Waals surface area contributed by atoms with Gasteiger partial charge in [-0.25, -0.2) is 15.2 Å². The molecule has 20 heavy (non-hydrogen) atoms. The van der Waals surface area contributed by atoms with Crippen molar-refractivity contribution in [3.63, 3.8) is 0 Å². The summed E-state index contributed by atoms with van der Waals surface area (Å²) < 4.78 is 13.8. The minimum Gasteiger partial charge on any atom is -0.351 e. The van der Waals surface area contributed by atoms with E-state index in [-0.39, 0.29) is 11.4 Å². The minimum absolute atomic E-state index is 0.0536. The third-order valence-corrected chi connectivity index (χ3v) is 4.03. The summed E-state index contributed by atoms with van der Waals surface area (Å²) in [6.45, 7) is 3.34. The number of hydrazine groups is 1. The van der Waals surface area contributed by atoms with E-state index in [1.54, 1.807) is 0 Å². The maximum atomic E-state index is 13.8. The number of rotatable bonds is 5. The first-order valence-corrected chi connectivity index (χ1v) is 7.57. The number of hydrogen-bond donors (Lipinski definition) is 3. The Hall–Kier alpha value is -1.38. The molecule has 8 heteroatoms. The van der Waals surface area contributed by atoms with Crippen LogP contribution >= 0.6 is 11.8 Å². The highest BCUT2D eigenvalue weighted by Crippen LogP contribution is 2.13. The molecule has 2 rings (SSSR count). The Bertz CT molecular complexity index is 467. The van der Waals surface area contributed by atoms with Crippen LogP contribution in [0.2, 0.25) is 0 Å². The van der Waals surface area contributed by atoms with Crippen LogP contribution in [0.15, 0.2) is 12.3 Å². The number of halogens is 1. The molecule has 2 heterocycles. The van der Waals surface area contributed by atoms with Gasteiger partial charge >= 0.3 is 0 Å². The predicted octanol–water partition coefficient (Wildman–Crippen LogP) is 0.285. The molecule has 0 aliphatic carbocycles. The second-order valence-electron chi connectivity index (χ2n) is 4.38. The molecular weight excluding hydrogens is 281 g/mol. The Labute approximate surface area is 121 Å². The Morgan fingerprint density at radius 3 is 2.95 bits per heavy atom. The third-order valence-electron chi connectivity index (χ3n) is 3.09. The quantitative estimate of drug-likeness (QED) is 0.535. The van der Waals surface area contributed by atoms with Crippen molar-refractivity contribution in [2.75, 3.05) is 43.1 Å². The van der Waals surface area contributed by atoms with Crippen LogP contribution in [-0.2, 0) is 0 Å². The van der Waals surface area contributed by atoms with Gasteiger partial charge in [-0.05, 0) is 6.07 Å². The fraction of sp³-hybridized carbons (Fsp3) is 0.500. The lowest BCUT2D eigenvalue weighted by molar-refractivity contribution is 0.0945. The van der Waals surface area contributed by atoms with Crippen molar-refractivity contribution in [2.45, 2.75) is 0 Å². The fourth-order valence-corrected chi connectivity index (χ4v) is 2.95. The molecule has 1 aliphatic heterocycles. The summed E-state index contributed by atoms with van der Waals surface area (Å²) in [5.74, 6) is 6.05. The van der Waals surface area contributed by atoms with E-state index >= 15 is 0 Å². The maximum absolute atomic E-state index is 13.8. The van der Waals surface area contributed by atoms with E-state index in [2.05, 4.69) is 20.6 Å². The largest absolute Gasteiger partial charge is 0.351 e. The topological polar surface area (TPSA) is 83.3 Å². The molecule has 1 amide bonds. The van der Waals surface area contributed by atoms with Crippen molar-refractivity contribution in [1.29, 1.82) is 0 Å². The van der Waals surface area contributed by atoms with E-state index in [9.17, 15) is 9.18 Å². The Kier molecular flexibility index (Phi) is 5.57. The molecule has 0 atom stereocenters. The van der Waals surface area contributed by atoms with Gasteiger partial charge in [0, 0.05) is 43.9 Å². The van der Waals surface area contributed by atoms with Crippen LogP contribution in [-0.4, -0.2) is 53.5 Å². The van der Waals surface area contributed by atoms with Gasteiger partial charge < -0.3 is 10.7 Å².